The molecule has 0 aromatic heterocycles. The predicted octanol–water partition coefficient (Wildman–Crippen LogP) is 3.43. The third-order valence-electron chi connectivity index (χ3n) is 4.36. The SMILES string of the molecule is O=C(O)/C=C/c1cccc2c1CCC(NCc1ccccc1)C2. The van der Waals surface area contributed by atoms with E-state index in [0.29, 0.717) is 6.04 Å². The fourth-order valence-electron chi connectivity index (χ4n) is 3.19. The highest BCUT2D eigenvalue weighted by molar-refractivity contribution is 5.85. The molecule has 1 atom stereocenters. The zero-order valence-corrected chi connectivity index (χ0v) is 13.0. The maximum absolute atomic E-state index is 10.7. The van der Waals surface area contributed by atoms with Crippen LogP contribution in [0.3, 0.4) is 0 Å². The molecule has 3 rings (SSSR count). The van der Waals surface area contributed by atoms with Gasteiger partial charge in [0.15, 0.2) is 0 Å². The molecule has 2 aromatic carbocycles. The molecule has 0 aliphatic heterocycles. The summed E-state index contributed by atoms with van der Waals surface area (Å²) in [7, 11) is 0. The van der Waals surface area contributed by atoms with Gasteiger partial charge in [0.25, 0.3) is 0 Å². The van der Waals surface area contributed by atoms with E-state index in [9.17, 15) is 4.79 Å². The summed E-state index contributed by atoms with van der Waals surface area (Å²) in [5.74, 6) is -0.902. The van der Waals surface area contributed by atoms with Crippen molar-refractivity contribution in [2.45, 2.75) is 31.8 Å². The van der Waals surface area contributed by atoms with Crippen LogP contribution in [-0.2, 0) is 24.2 Å². The van der Waals surface area contributed by atoms with Crippen molar-refractivity contribution in [2.24, 2.45) is 0 Å². The molecule has 0 spiro atoms. The van der Waals surface area contributed by atoms with Crippen molar-refractivity contribution in [3.63, 3.8) is 0 Å². The first-order chi connectivity index (χ1) is 11.2. The molecule has 1 unspecified atom stereocenters. The van der Waals surface area contributed by atoms with Gasteiger partial charge in [0.2, 0.25) is 0 Å². The van der Waals surface area contributed by atoms with Gasteiger partial charge in [-0.05, 0) is 47.6 Å². The maximum atomic E-state index is 10.7. The molecular formula is C20H21NO2. The minimum absolute atomic E-state index is 0.474. The van der Waals surface area contributed by atoms with Gasteiger partial charge in [-0.25, -0.2) is 4.79 Å². The minimum Gasteiger partial charge on any atom is -0.478 e. The summed E-state index contributed by atoms with van der Waals surface area (Å²) in [5.41, 5.74) is 4.96. The van der Waals surface area contributed by atoms with Crippen molar-refractivity contribution in [2.75, 3.05) is 0 Å². The van der Waals surface area contributed by atoms with Gasteiger partial charge in [0, 0.05) is 18.7 Å². The Balaban J connectivity index is 1.67. The smallest absolute Gasteiger partial charge is 0.328 e. The molecule has 0 amide bonds. The maximum Gasteiger partial charge on any atom is 0.328 e. The van der Waals surface area contributed by atoms with E-state index >= 15 is 0 Å². The third kappa shape index (κ3) is 4.08. The normalized spacial score (nSPS) is 17.1. The summed E-state index contributed by atoms with van der Waals surface area (Å²) in [6, 6.07) is 17.1. The number of hydrogen-bond acceptors (Lipinski definition) is 2. The second-order valence-corrected chi connectivity index (χ2v) is 5.96. The number of carboxylic acids is 1. The van der Waals surface area contributed by atoms with Gasteiger partial charge >= 0.3 is 5.97 Å². The summed E-state index contributed by atoms with van der Waals surface area (Å²) >= 11 is 0. The first-order valence-corrected chi connectivity index (χ1v) is 8.01. The Hall–Kier alpha value is -2.39. The van der Waals surface area contributed by atoms with Gasteiger partial charge in [-0.15, -0.1) is 0 Å². The van der Waals surface area contributed by atoms with Crippen LogP contribution in [0.25, 0.3) is 6.08 Å². The Morgan fingerprint density at radius 2 is 2.00 bits per heavy atom. The van der Waals surface area contributed by atoms with Crippen LogP contribution in [0, 0.1) is 0 Å². The zero-order chi connectivity index (χ0) is 16.1. The first kappa shape index (κ1) is 15.5. The third-order valence-corrected chi connectivity index (χ3v) is 4.36. The molecule has 0 heterocycles. The zero-order valence-electron chi connectivity index (χ0n) is 13.0. The van der Waals surface area contributed by atoms with Crippen LogP contribution in [0.2, 0.25) is 0 Å². The van der Waals surface area contributed by atoms with Crippen molar-refractivity contribution >= 4 is 12.0 Å². The summed E-state index contributed by atoms with van der Waals surface area (Å²) < 4.78 is 0. The van der Waals surface area contributed by atoms with E-state index in [2.05, 4.69) is 35.6 Å². The van der Waals surface area contributed by atoms with E-state index in [1.807, 2.05) is 18.2 Å². The van der Waals surface area contributed by atoms with E-state index in [4.69, 9.17) is 5.11 Å². The molecule has 0 bridgehead atoms. The van der Waals surface area contributed by atoms with Crippen LogP contribution in [0.1, 0.15) is 28.7 Å². The lowest BCUT2D eigenvalue weighted by atomic mass is 9.85. The number of fused-ring (bicyclic) bond motifs is 1. The predicted molar refractivity (Wildman–Crippen MR) is 92.2 cm³/mol. The number of carbonyl (C=O) groups is 1. The van der Waals surface area contributed by atoms with Gasteiger partial charge < -0.3 is 10.4 Å². The van der Waals surface area contributed by atoms with Crippen LogP contribution in [-0.4, -0.2) is 17.1 Å². The Labute approximate surface area is 136 Å². The monoisotopic (exact) mass is 307 g/mol. The van der Waals surface area contributed by atoms with Crippen LogP contribution < -0.4 is 5.32 Å². The molecule has 118 valence electrons. The molecule has 3 nitrogen and oxygen atoms in total. The molecule has 2 aromatic rings. The summed E-state index contributed by atoms with van der Waals surface area (Å²) in [6.45, 7) is 0.888. The number of nitrogens with one attached hydrogen (secondary N) is 1. The molecule has 1 aliphatic carbocycles. The van der Waals surface area contributed by atoms with Crippen molar-refractivity contribution in [3.05, 3.63) is 76.9 Å². The fraction of sp³-hybridized carbons (Fsp3) is 0.250. The van der Waals surface area contributed by atoms with Gasteiger partial charge in [-0.1, -0.05) is 48.5 Å². The molecule has 2 N–H and O–H groups in total. The van der Waals surface area contributed by atoms with Gasteiger partial charge in [0.1, 0.15) is 0 Å². The summed E-state index contributed by atoms with van der Waals surface area (Å²) in [4.78, 5) is 10.7. The molecule has 3 heteroatoms. The highest BCUT2D eigenvalue weighted by Crippen LogP contribution is 2.26. The van der Waals surface area contributed by atoms with E-state index < -0.39 is 5.97 Å². The fourth-order valence-corrected chi connectivity index (χ4v) is 3.19. The Bertz CT molecular complexity index is 707. The van der Waals surface area contributed by atoms with Crippen LogP contribution in [0.15, 0.2) is 54.6 Å². The number of carboxylic acid groups (broad SMARTS) is 1. The number of hydrogen-bond donors (Lipinski definition) is 2. The highest BCUT2D eigenvalue weighted by atomic mass is 16.4. The largest absolute Gasteiger partial charge is 0.478 e. The van der Waals surface area contributed by atoms with Crippen molar-refractivity contribution < 1.29 is 9.90 Å². The average molecular weight is 307 g/mol. The van der Waals surface area contributed by atoms with Crippen LogP contribution >= 0.6 is 0 Å². The van der Waals surface area contributed by atoms with Crippen molar-refractivity contribution in [3.8, 4) is 0 Å². The molecule has 0 radical (unpaired) electrons. The van der Waals surface area contributed by atoms with Gasteiger partial charge in [0.05, 0.1) is 0 Å². The number of rotatable bonds is 5. The number of aliphatic carboxylic acids is 1. The van der Waals surface area contributed by atoms with Crippen molar-refractivity contribution in [1.82, 2.24) is 5.32 Å². The molecular weight excluding hydrogens is 286 g/mol. The van der Waals surface area contributed by atoms with Crippen LogP contribution in [0.5, 0.6) is 0 Å². The number of benzene rings is 2. The lowest BCUT2D eigenvalue weighted by Gasteiger charge is -2.27. The Morgan fingerprint density at radius 3 is 2.78 bits per heavy atom. The van der Waals surface area contributed by atoms with E-state index in [1.165, 1.54) is 22.8 Å². The second kappa shape index (κ2) is 7.25. The molecule has 0 fully saturated rings. The van der Waals surface area contributed by atoms with Gasteiger partial charge in [-0.2, -0.15) is 0 Å². The van der Waals surface area contributed by atoms with E-state index in [1.54, 1.807) is 6.08 Å². The second-order valence-electron chi connectivity index (χ2n) is 5.96. The summed E-state index contributed by atoms with van der Waals surface area (Å²) in [6.07, 6.45) is 5.99. The topological polar surface area (TPSA) is 49.3 Å². The quantitative estimate of drug-likeness (QED) is 0.832. The van der Waals surface area contributed by atoms with Crippen molar-refractivity contribution in [1.29, 1.82) is 0 Å². The molecule has 0 saturated heterocycles. The lowest BCUT2D eigenvalue weighted by molar-refractivity contribution is -0.131. The standard InChI is InChI=1S/C20H21NO2/c22-20(23)12-9-16-7-4-8-17-13-18(10-11-19(16)17)21-14-15-5-2-1-3-6-15/h1-9,12,18,21H,10-11,13-14H2,(H,22,23)/b12-9+. The van der Waals surface area contributed by atoms with E-state index in [0.717, 1.165) is 31.4 Å². The average Bonchev–Trinajstić information content (AvgIpc) is 2.58. The molecule has 23 heavy (non-hydrogen) atoms. The molecule has 0 saturated carbocycles. The van der Waals surface area contributed by atoms with Crippen LogP contribution in [0.4, 0.5) is 0 Å². The lowest BCUT2D eigenvalue weighted by Crippen LogP contribution is -2.34. The summed E-state index contributed by atoms with van der Waals surface area (Å²) in [5, 5.41) is 12.4. The highest BCUT2D eigenvalue weighted by Gasteiger charge is 2.19. The minimum atomic E-state index is -0.902. The van der Waals surface area contributed by atoms with E-state index in [-0.39, 0.29) is 0 Å². The Morgan fingerprint density at radius 1 is 1.17 bits per heavy atom. The molecule has 1 aliphatic rings. The van der Waals surface area contributed by atoms with Gasteiger partial charge in [-0.3, -0.25) is 0 Å². The Kier molecular flexibility index (Phi) is 4.89. The first-order valence-electron chi connectivity index (χ1n) is 8.01.